The van der Waals surface area contributed by atoms with Crippen LogP contribution < -0.4 is 29.6 Å². The van der Waals surface area contributed by atoms with Crippen LogP contribution in [0, 0.1) is 27.9 Å². The largest absolute Gasteiger partial charge is 0.485 e. The minimum absolute atomic E-state index is 0.0407. The van der Waals surface area contributed by atoms with E-state index in [4.69, 9.17) is 23.7 Å². The molecule has 0 aliphatic carbocycles. The summed E-state index contributed by atoms with van der Waals surface area (Å²) in [6, 6.07) is 53.1. The molecule has 0 aromatic heterocycles. The van der Waals surface area contributed by atoms with Crippen molar-refractivity contribution < 1.29 is 52.6 Å². The second kappa shape index (κ2) is 27.7. The fourth-order valence-corrected chi connectivity index (χ4v) is 10.2. The molecule has 0 bridgehead atoms. The molecule has 0 saturated carbocycles. The maximum Gasteiger partial charge on any atom is 0.362 e. The summed E-state index contributed by atoms with van der Waals surface area (Å²) in [7, 11) is 0. The molecule has 17 nitrogen and oxygen atoms in total. The molecule has 1 fully saturated rings. The van der Waals surface area contributed by atoms with E-state index in [1.54, 1.807) is 36.4 Å². The van der Waals surface area contributed by atoms with Crippen LogP contribution >= 0.6 is 0 Å². The van der Waals surface area contributed by atoms with Crippen LogP contribution in [-0.4, -0.2) is 83.1 Å². The van der Waals surface area contributed by atoms with Gasteiger partial charge in [0.2, 0.25) is 5.91 Å². The minimum Gasteiger partial charge on any atom is -0.485 e. The number of amides is 3. The Bertz CT molecular complexity index is 3430. The van der Waals surface area contributed by atoms with Crippen LogP contribution in [0.3, 0.4) is 0 Å². The zero-order chi connectivity index (χ0) is 58.2. The smallest absolute Gasteiger partial charge is 0.362 e. The first kappa shape index (κ1) is 58.1. The van der Waals surface area contributed by atoms with E-state index in [9.17, 15) is 34.1 Å². The predicted octanol–water partition coefficient (Wildman–Crippen LogP) is 10.5. The van der Waals surface area contributed by atoms with E-state index in [1.807, 2.05) is 147 Å². The fourth-order valence-electron chi connectivity index (χ4n) is 10.2. The van der Waals surface area contributed by atoms with Crippen LogP contribution in [0.15, 0.2) is 193 Å². The molecule has 1 saturated heterocycles. The van der Waals surface area contributed by atoms with Gasteiger partial charge in [-0.15, -0.1) is 0 Å². The maximum atomic E-state index is 14.3. The van der Waals surface area contributed by atoms with Crippen molar-refractivity contribution in [3.05, 3.63) is 242 Å². The highest BCUT2D eigenvalue weighted by atomic mass is 16.6. The Kier molecular flexibility index (Phi) is 19.4. The van der Waals surface area contributed by atoms with Crippen LogP contribution in [0.1, 0.15) is 80.5 Å². The summed E-state index contributed by atoms with van der Waals surface area (Å²) in [4.78, 5) is 83.7. The number of rotatable bonds is 27. The van der Waals surface area contributed by atoms with Gasteiger partial charge in [-0.05, 0) is 88.7 Å². The molecule has 9 rings (SSSR count). The van der Waals surface area contributed by atoms with Crippen molar-refractivity contribution in [1.29, 1.82) is 0 Å². The standard InChI is InChI=1S/C66H65N5O12/c1-44(2)59-60-45(3)54(61(70(60)64(59)74)66(76)83-65(75)50-25-29-53(30-26-50)71(77)78)39-69(36-34-68-63(73)52-28-32-56(80-41-47-19-10-5-11-20-47)58(38-52)82-43-49-23-14-7-15-24-49)35-16-33-67-62(72)51-27-31-55(79-40-46-17-8-4-9-18-46)57(37-51)81-42-48-21-12-6-13-22-48/h4-15,17-32,37-38,44-45,59-60H,16,33-36,39-43H2,1-3H3,(H,67,72)(H,68,73)/t45-,59+,60+/m0/s1. The molecule has 7 aromatic rings. The molecule has 0 spiro atoms. The lowest BCUT2D eigenvalue weighted by Gasteiger charge is -2.47. The molecule has 3 amide bonds. The second-order valence-corrected chi connectivity index (χ2v) is 20.7. The molecule has 83 heavy (non-hydrogen) atoms. The summed E-state index contributed by atoms with van der Waals surface area (Å²) in [5.41, 5.74) is 4.68. The molecular weight excluding hydrogens is 1050 g/mol. The van der Waals surface area contributed by atoms with Gasteiger partial charge in [-0.1, -0.05) is 142 Å². The molecule has 2 N–H and O–H groups in total. The summed E-state index contributed by atoms with van der Waals surface area (Å²) in [5, 5.41) is 17.4. The maximum absolute atomic E-state index is 14.3. The summed E-state index contributed by atoms with van der Waals surface area (Å²) >= 11 is 0. The Labute approximate surface area is 481 Å². The van der Waals surface area contributed by atoms with Crippen LogP contribution in [0.4, 0.5) is 5.69 Å². The van der Waals surface area contributed by atoms with Crippen LogP contribution in [-0.2, 0) is 40.8 Å². The first-order valence-electron chi connectivity index (χ1n) is 27.6. The summed E-state index contributed by atoms with van der Waals surface area (Å²) in [5.74, 6) is -2.12. The zero-order valence-electron chi connectivity index (χ0n) is 46.4. The van der Waals surface area contributed by atoms with E-state index in [1.165, 1.54) is 17.0 Å². The number of nitro benzene ring substituents is 1. The van der Waals surface area contributed by atoms with Crippen molar-refractivity contribution in [3.8, 4) is 23.0 Å². The van der Waals surface area contributed by atoms with Crippen molar-refractivity contribution in [1.82, 2.24) is 20.4 Å². The van der Waals surface area contributed by atoms with Gasteiger partial charge in [0.15, 0.2) is 23.0 Å². The van der Waals surface area contributed by atoms with Crippen molar-refractivity contribution in [2.75, 3.05) is 32.7 Å². The van der Waals surface area contributed by atoms with Crippen molar-refractivity contribution in [2.24, 2.45) is 17.8 Å². The van der Waals surface area contributed by atoms with Gasteiger partial charge in [-0.2, -0.15) is 0 Å². The van der Waals surface area contributed by atoms with Gasteiger partial charge in [0, 0.05) is 61.9 Å². The van der Waals surface area contributed by atoms with Gasteiger partial charge in [0.25, 0.3) is 17.5 Å². The quantitative estimate of drug-likeness (QED) is 0.0123. The molecule has 17 heteroatoms. The number of carbonyl (C=O) groups excluding carboxylic acids is 5. The van der Waals surface area contributed by atoms with E-state index in [2.05, 4.69) is 10.6 Å². The number of non-ortho nitro benzene ring substituents is 1. The van der Waals surface area contributed by atoms with Crippen molar-refractivity contribution in [2.45, 2.75) is 59.7 Å². The molecule has 0 unspecified atom stereocenters. The third-order valence-electron chi connectivity index (χ3n) is 14.6. The monoisotopic (exact) mass is 1120 g/mol. The fraction of sp³-hybridized carbons (Fsp3) is 0.258. The van der Waals surface area contributed by atoms with E-state index < -0.39 is 22.8 Å². The van der Waals surface area contributed by atoms with Gasteiger partial charge < -0.3 is 39.2 Å². The topological polar surface area (TPSA) is 205 Å². The van der Waals surface area contributed by atoms with E-state index in [-0.39, 0.29) is 98.5 Å². The highest BCUT2D eigenvalue weighted by Gasteiger charge is 2.59. The number of esters is 2. The molecule has 3 atom stereocenters. The SMILES string of the molecule is CC(C)[C@H]1C(=O)N2C(C(=O)OC(=O)c3ccc([N+](=O)[O-])cc3)=C(CN(CCCNC(=O)c3ccc(OCc4ccccc4)c(OCc4ccccc4)c3)CCNC(=O)c3ccc(OCc4ccccc4)c(OCc4ccccc4)c3)[C@H](C)[C@H]12. The molecule has 2 aliphatic rings. The van der Waals surface area contributed by atoms with E-state index in [0.29, 0.717) is 59.3 Å². The number of hydrogen-bond acceptors (Lipinski definition) is 13. The minimum atomic E-state index is -1.04. The van der Waals surface area contributed by atoms with Crippen LogP contribution in [0.25, 0.3) is 0 Å². The summed E-state index contributed by atoms with van der Waals surface area (Å²) < 4.78 is 30.3. The Morgan fingerprint density at radius 2 is 1.00 bits per heavy atom. The lowest BCUT2D eigenvalue weighted by molar-refractivity contribution is -0.384. The predicted molar refractivity (Wildman–Crippen MR) is 310 cm³/mol. The Morgan fingerprint density at radius 3 is 1.45 bits per heavy atom. The average Bonchev–Trinajstić information content (AvgIpc) is 3.12. The Hall–Kier alpha value is -9.61. The van der Waals surface area contributed by atoms with Gasteiger partial charge in [0.05, 0.1) is 22.4 Å². The first-order valence-corrected chi connectivity index (χ1v) is 27.6. The number of hydrogen-bond donors (Lipinski definition) is 2. The average molecular weight is 1120 g/mol. The third kappa shape index (κ3) is 14.9. The Morgan fingerprint density at radius 1 is 0.566 bits per heavy atom. The lowest BCUT2D eigenvalue weighted by Crippen LogP contribution is -2.62. The first-order chi connectivity index (χ1) is 40.3. The Balaban J connectivity index is 0.929. The van der Waals surface area contributed by atoms with Crippen molar-refractivity contribution >= 4 is 35.3 Å². The zero-order valence-corrected chi connectivity index (χ0v) is 46.4. The highest BCUT2D eigenvalue weighted by molar-refractivity contribution is 6.06. The number of nitro groups is 1. The lowest BCUT2D eigenvalue weighted by atomic mass is 9.74. The molecule has 2 aliphatic heterocycles. The molecular formula is C66H65N5O12. The van der Waals surface area contributed by atoms with E-state index in [0.717, 1.165) is 34.4 Å². The molecule has 426 valence electrons. The van der Waals surface area contributed by atoms with Crippen LogP contribution in [0.5, 0.6) is 23.0 Å². The van der Waals surface area contributed by atoms with Gasteiger partial charge >= 0.3 is 11.9 Å². The van der Waals surface area contributed by atoms with Gasteiger partial charge in [-0.3, -0.25) is 29.4 Å². The molecule has 7 aromatic carbocycles. The number of nitrogens with zero attached hydrogens (tertiary/aromatic N) is 3. The molecule has 2 heterocycles. The second-order valence-electron chi connectivity index (χ2n) is 20.7. The van der Waals surface area contributed by atoms with Gasteiger partial charge in [0.1, 0.15) is 32.1 Å². The van der Waals surface area contributed by atoms with E-state index >= 15 is 0 Å². The highest BCUT2D eigenvalue weighted by Crippen LogP contribution is 2.49. The van der Waals surface area contributed by atoms with Gasteiger partial charge in [-0.25, -0.2) is 9.59 Å². The summed E-state index contributed by atoms with van der Waals surface area (Å²) in [6.07, 6.45) is 0.419. The number of benzene rings is 7. The number of β-lactam (4-membered cyclic amide) rings is 1. The van der Waals surface area contributed by atoms with Crippen molar-refractivity contribution in [3.63, 3.8) is 0 Å². The third-order valence-corrected chi connectivity index (χ3v) is 14.6. The number of ether oxygens (including phenoxy) is 5. The summed E-state index contributed by atoms with van der Waals surface area (Å²) in [6.45, 7) is 8.01. The molecule has 0 radical (unpaired) electrons. The number of carbonyl (C=O) groups is 5. The number of fused-ring (bicyclic) bond motifs is 1. The normalized spacial score (nSPS) is 15.3. The number of nitrogens with one attached hydrogen (secondary N) is 2. The van der Waals surface area contributed by atoms with Crippen LogP contribution in [0.2, 0.25) is 0 Å².